The fourth-order valence-corrected chi connectivity index (χ4v) is 4.46. The average Bonchev–Trinajstić information content (AvgIpc) is 3.10. The van der Waals surface area contributed by atoms with Gasteiger partial charge in [-0.15, -0.1) is 0 Å². The van der Waals surface area contributed by atoms with Gasteiger partial charge in [0.2, 0.25) is 0 Å². The first-order valence-electron chi connectivity index (χ1n) is 11.1. The quantitative estimate of drug-likeness (QED) is 0.393. The minimum atomic E-state index is -0.690. The highest BCUT2D eigenvalue weighted by Crippen LogP contribution is 2.40. The van der Waals surface area contributed by atoms with Crippen LogP contribution in [0, 0.1) is 6.92 Å². The molecule has 1 aromatic heterocycles. The molecule has 8 nitrogen and oxygen atoms in total. The lowest BCUT2D eigenvalue weighted by Crippen LogP contribution is -2.39. The van der Waals surface area contributed by atoms with E-state index in [2.05, 4.69) is 9.88 Å². The molecule has 2 aliphatic heterocycles. The largest absolute Gasteiger partial charge is 0.507 e. The van der Waals surface area contributed by atoms with Gasteiger partial charge in [0.15, 0.2) is 0 Å². The maximum Gasteiger partial charge on any atom is 0.295 e. The van der Waals surface area contributed by atoms with Gasteiger partial charge in [0.05, 0.1) is 31.9 Å². The number of carbonyl (C=O) groups is 2. The van der Waals surface area contributed by atoms with Gasteiger partial charge in [-0.25, -0.2) is 0 Å². The molecular weight excluding hydrogens is 422 g/mol. The Morgan fingerprint density at radius 3 is 2.67 bits per heavy atom. The molecule has 2 saturated heterocycles. The Morgan fingerprint density at radius 1 is 1.21 bits per heavy atom. The van der Waals surface area contributed by atoms with Crippen LogP contribution in [-0.4, -0.2) is 78.1 Å². The zero-order valence-corrected chi connectivity index (χ0v) is 19.0. The molecule has 1 amide bonds. The van der Waals surface area contributed by atoms with Crippen LogP contribution in [0.1, 0.15) is 29.2 Å². The Balaban J connectivity index is 1.67. The Morgan fingerprint density at radius 2 is 2.00 bits per heavy atom. The lowest BCUT2D eigenvalue weighted by atomic mass is 9.94. The number of hydrogen-bond acceptors (Lipinski definition) is 7. The first kappa shape index (κ1) is 22.9. The number of amides is 1. The Labute approximate surface area is 193 Å². The molecule has 2 aliphatic rings. The van der Waals surface area contributed by atoms with Crippen molar-refractivity contribution in [3.8, 4) is 5.75 Å². The molecule has 1 atom stereocenters. The minimum absolute atomic E-state index is 0.0904. The van der Waals surface area contributed by atoms with Gasteiger partial charge in [0.25, 0.3) is 11.7 Å². The third-order valence-corrected chi connectivity index (χ3v) is 6.21. The van der Waals surface area contributed by atoms with Gasteiger partial charge in [-0.2, -0.15) is 0 Å². The number of Topliss-reactive ketones (excluding diaryl/α,β-unsaturated/α-hetero) is 1. The van der Waals surface area contributed by atoms with E-state index >= 15 is 0 Å². The highest BCUT2D eigenvalue weighted by atomic mass is 16.5. The van der Waals surface area contributed by atoms with E-state index in [-0.39, 0.29) is 11.3 Å². The standard InChI is InChI=1S/C25H29N3O5/c1-17-15-19(32-2)6-7-20(17)23(29)21-22(18-5-3-8-26-16-18)28(25(31)24(21)30)10-4-9-27-11-13-33-14-12-27/h3,5-8,15-16,22,29H,4,9-14H2,1-2H3/t22-/m0/s1. The van der Waals surface area contributed by atoms with E-state index < -0.39 is 17.7 Å². The lowest BCUT2D eigenvalue weighted by Gasteiger charge is -2.29. The van der Waals surface area contributed by atoms with Crippen molar-refractivity contribution in [2.45, 2.75) is 19.4 Å². The summed E-state index contributed by atoms with van der Waals surface area (Å²) < 4.78 is 10.6. The zero-order valence-electron chi connectivity index (χ0n) is 19.0. The van der Waals surface area contributed by atoms with Crippen LogP contribution < -0.4 is 4.74 Å². The highest BCUT2D eigenvalue weighted by molar-refractivity contribution is 6.46. The van der Waals surface area contributed by atoms with Crippen LogP contribution in [-0.2, 0) is 14.3 Å². The van der Waals surface area contributed by atoms with Crippen molar-refractivity contribution >= 4 is 17.4 Å². The Hall–Kier alpha value is -3.23. The molecule has 0 radical (unpaired) electrons. The van der Waals surface area contributed by atoms with Crippen LogP contribution in [0.25, 0.3) is 5.76 Å². The number of carbonyl (C=O) groups excluding carboxylic acids is 2. The Kier molecular flexibility index (Phi) is 7.05. The van der Waals surface area contributed by atoms with Gasteiger partial charge >= 0.3 is 0 Å². The van der Waals surface area contributed by atoms with Gasteiger partial charge in [0.1, 0.15) is 11.5 Å². The second-order valence-electron chi connectivity index (χ2n) is 8.27. The molecule has 2 fully saturated rings. The number of aryl methyl sites for hydroxylation is 1. The van der Waals surface area contributed by atoms with E-state index in [9.17, 15) is 14.7 Å². The second kappa shape index (κ2) is 10.1. The van der Waals surface area contributed by atoms with Gasteiger partial charge in [-0.3, -0.25) is 19.5 Å². The van der Waals surface area contributed by atoms with E-state index in [1.54, 1.807) is 48.7 Å². The second-order valence-corrected chi connectivity index (χ2v) is 8.27. The van der Waals surface area contributed by atoms with Gasteiger partial charge < -0.3 is 19.5 Å². The van der Waals surface area contributed by atoms with Gasteiger partial charge in [-0.1, -0.05) is 6.07 Å². The number of pyridine rings is 1. The number of aliphatic hydroxyl groups excluding tert-OH is 1. The molecule has 4 rings (SSSR count). The smallest absolute Gasteiger partial charge is 0.295 e. The van der Waals surface area contributed by atoms with Crippen LogP contribution in [0.3, 0.4) is 0 Å². The van der Waals surface area contributed by atoms with Crippen molar-refractivity contribution in [2.24, 2.45) is 0 Å². The predicted molar refractivity (Wildman–Crippen MR) is 123 cm³/mol. The number of nitrogens with zero attached hydrogens (tertiary/aromatic N) is 3. The minimum Gasteiger partial charge on any atom is -0.507 e. The third-order valence-electron chi connectivity index (χ3n) is 6.21. The summed E-state index contributed by atoms with van der Waals surface area (Å²) in [5, 5.41) is 11.2. The molecule has 1 N–H and O–H groups in total. The SMILES string of the molecule is COc1ccc(C(O)=C2C(=O)C(=O)N(CCCN3CCOCC3)[C@H]2c2cccnc2)c(C)c1. The summed E-state index contributed by atoms with van der Waals surface area (Å²) >= 11 is 0. The maximum atomic E-state index is 13.1. The molecule has 8 heteroatoms. The number of ketones is 1. The number of benzene rings is 1. The van der Waals surface area contributed by atoms with Gasteiger partial charge in [0, 0.05) is 44.1 Å². The molecule has 3 heterocycles. The van der Waals surface area contributed by atoms with Gasteiger partial charge in [-0.05, 0) is 48.7 Å². The van der Waals surface area contributed by atoms with E-state index in [0.717, 1.165) is 25.2 Å². The van der Waals surface area contributed by atoms with Crippen molar-refractivity contribution < 1.29 is 24.2 Å². The van der Waals surface area contributed by atoms with Crippen molar-refractivity contribution in [1.29, 1.82) is 0 Å². The van der Waals surface area contributed by atoms with Crippen LogP contribution in [0.5, 0.6) is 5.75 Å². The molecule has 174 valence electrons. The number of methoxy groups -OCH3 is 1. The molecule has 0 saturated carbocycles. The highest BCUT2D eigenvalue weighted by Gasteiger charge is 2.46. The molecule has 0 aliphatic carbocycles. The number of aliphatic hydroxyl groups is 1. The summed E-state index contributed by atoms with van der Waals surface area (Å²) in [6, 6.07) is 8.11. The summed E-state index contributed by atoms with van der Waals surface area (Å²) in [7, 11) is 1.57. The summed E-state index contributed by atoms with van der Waals surface area (Å²) in [5.74, 6) is -0.809. The molecule has 33 heavy (non-hydrogen) atoms. The van der Waals surface area contributed by atoms with Crippen LogP contribution in [0.15, 0.2) is 48.3 Å². The van der Waals surface area contributed by atoms with Crippen LogP contribution >= 0.6 is 0 Å². The number of morpholine rings is 1. The van der Waals surface area contributed by atoms with E-state index in [4.69, 9.17) is 9.47 Å². The summed E-state index contributed by atoms with van der Waals surface area (Å²) in [4.78, 5) is 34.2. The summed E-state index contributed by atoms with van der Waals surface area (Å²) in [5.41, 5.74) is 2.02. The number of aromatic nitrogens is 1. The summed E-state index contributed by atoms with van der Waals surface area (Å²) in [6.45, 7) is 6.19. The fourth-order valence-electron chi connectivity index (χ4n) is 4.46. The molecule has 0 unspecified atom stereocenters. The number of ether oxygens (including phenoxy) is 2. The molecule has 0 bridgehead atoms. The molecule has 2 aromatic rings. The molecule has 0 spiro atoms. The van der Waals surface area contributed by atoms with Crippen molar-refractivity contribution in [3.05, 3.63) is 65.0 Å². The van der Waals surface area contributed by atoms with Crippen molar-refractivity contribution in [3.63, 3.8) is 0 Å². The topological polar surface area (TPSA) is 92.2 Å². The average molecular weight is 452 g/mol. The molecular formula is C25H29N3O5. The van der Waals surface area contributed by atoms with E-state index in [1.807, 2.05) is 13.0 Å². The fraction of sp³-hybridized carbons (Fsp3) is 0.400. The normalized spacial score (nSPS) is 20.9. The first-order valence-corrected chi connectivity index (χ1v) is 11.1. The lowest BCUT2D eigenvalue weighted by molar-refractivity contribution is -0.140. The first-order chi connectivity index (χ1) is 16.0. The molecule has 1 aromatic carbocycles. The summed E-state index contributed by atoms with van der Waals surface area (Å²) in [6.07, 6.45) is 3.99. The van der Waals surface area contributed by atoms with E-state index in [1.165, 1.54) is 0 Å². The zero-order chi connectivity index (χ0) is 23.4. The monoisotopic (exact) mass is 451 g/mol. The van der Waals surface area contributed by atoms with Crippen LogP contribution in [0.2, 0.25) is 0 Å². The number of likely N-dealkylation sites (tertiary alicyclic amines) is 1. The number of hydrogen-bond donors (Lipinski definition) is 1. The third kappa shape index (κ3) is 4.77. The van der Waals surface area contributed by atoms with Crippen molar-refractivity contribution in [2.75, 3.05) is 46.5 Å². The predicted octanol–water partition coefficient (Wildman–Crippen LogP) is 2.54. The van der Waals surface area contributed by atoms with Crippen LogP contribution in [0.4, 0.5) is 0 Å². The van der Waals surface area contributed by atoms with Crippen molar-refractivity contribution in [1.82, 2.24) is 14.8 Å². The van der Waals surface area contributed by atoms with E-state index in [0.29, 0.717) is 43.1 Å². The Bertz CT molecular complexity index is 1050. The maximum absolute atomic E-state index is 13.1. The number of rotatable bonds is 7.